The average molecular weight is 286 g/mol. The summed E-state index contributed by atoms with van der Waals surface area (Å²) in [6.07, 6.45) is 1.22. The molecule has 0 aliphatic carbocycles. The number of nitrogens with two attached hydrogens (primary N) is 1. The maximum absolute atomic E-state index is 11.5. The number of carboxylic acid groups (broad SMARTS) is 1. The summed E-state index contributed by atoms with van der Waals surface area (Å²) in [7, 11) is 0. The minimum atomic E-state index is -1.17. The number of carboxylic acids is 1. The molecule has 1 heterocycles. The first kappa shape index (κ1) is 15.2. The van der Waals surface area contributed by atoms with Gasteiger partial charge in [0.2, 0.25) is 5.91 Å². The first-order valence-electron chi connectivity index (χ1n) is 5.65. The molecule has 104 valence electrons. The second-order valence-electron chi connectivity index (χ2n) is 4.70. The Hall–Kier alpha value is -1.82. The fraction of sp³-hybridized carbons (Fsp3) is 0.417. The number of anilines is 1. The first-order chi connectivity index (χ1) is 8.68. The predicted octanol–water partition coefficient (Wildman–Crippen LogP) is 1.75. The van der Waals surface area contributed by atoms with Crippen LogP contribution in [0.3, 0.4) is 0 Å². The van der Waals surface area contributed by atoms with E-state index in [0.717, 1.165) is 0 Å². The normalized spacial score (nSPS) is 13.9. The van der Waals surface area contributed by atoms with Gasteiger partial charge in [0, 0.05) is 6.20 Å². The molecule has 7 heteroatoms. The summed E-state index contributed by atoms with van der Waals surface area (Å²) < 4.78 is 0. The Labute approximate surface area is 116 Å². The van der Waals surface area contributed by atoms with Gasteiger partial charge in [-0.25, -0.2) is 9.78 Å². The van der Waals surface area contributed by atoms with Gasteiger partial charge in [-0.05, 0) is 18.9 Å². The van der Waals surface area contributed by atoms with Gasteiger partial charge in [0.15, 0.2) is 0 Å². The van der Waals surface area contributed by atoms with Crippen LogP contribution >= 0.6 is 11.6 Å². The van der Waals surface area contributed by atoms with Crippen LogP contribution in [0.15, 0.2) is 12.3 Å². The third-order valence-corrected chi connectivity index (χ3v) is 3.44. The molecule has 0 spiro atoms. The van der Waals surface area contributed by atoms with E-state index in [4.69, 9.17) is 22.4 Å². The zero-order chi connectivity index (χ0) is 14.8. The average Bonchev–Trinajstić information content (AvgIpc) is 2.30. The number of nitrogens with zero attached hydrogens (tertiary/aromatic N) is 1. The Morgan fingerprint density at radius 1 is 1.53 bits per heavy atom. The van der Waals surface area contributed by atoms with Crippen molar-refractivity contribution in [1.82, 2.24) is 4.98 Å². The minimum absolute atomic E-state index is 0.0309. The maximum Gasteiger partial charge on any atom is 0.337 e. The lowest BCUT2D eigenvalue weighted by molar-refractivity contribution is -0.123. The number of amides is 1. The number of carbonyl (C=O) groups excluding carboxylic acids is 1. The molecule has 0 bridgehead atoms. The Bertz CT molecular complexity index is 519. The zero-order valence-electron chi connectivity index (χ0n) is 10.9. The summed E-state index contributed by atoms with van der Waals surface area (Å²) in [4.78, 5) is 26.5. The summed E-state index contributed by atoms with van der Waals surface area (Å²) >= 11 is 5.72. The monoisotopic (exact) mass is 285 g/mol. The van der Waals surface area contributed by atoms with E-state index in [-0.39, 0.29) is 22.3 Å². The second kappa shape index (κ2) is 5.44. The number of primary amides is 1. The van der Waals surface area contributed by atoms with Crippen LogP contribution < -0.4 is 11.1 Å². The molecule has 4 N–H and O–H groups in total. The highest BCUT2D eigenvalue weighted by Crippen LogP contribution is 2.24. The van der Waals surface area contributed by atoms with Gasteiger partial charge in [-0.15, -0.1) is 0 Å². The van der Waals surface area contributed by atoms with E-state index in [9.17, 15) is 9.59 Å². The third-order valence-electron chi connectivity index (χ3n) is 3.14. The van der Waals surface area contributed by atoms with Crippen LogP contribution in [-0.2, 0) is 4.79 Å². The van der Waals surface area contributed by atoms with Crippen LogP contribution in [-0.4, -0.2) is 27.5 Å². The Morgan fingerprint density at radius 2 is 2.11 bits per heavy atom. The predicted molar refractivity (Wildman–Crippen MR) is 72.3 cm³/mol. The van der Waals surface area contributed by atoms with Crippen LogP contribution in [0.4, 0.5) is 5.82 Å². The molecular formula is C12H16ClN3O3. The lowest BCUT2D eigenvalue weighted by Gasteiger charge is -2.32. The van der Waals surface area contributed by atoms with E-state index in [1.807, 2.05) is 13.8 Å². The number of pyridine rings is 1. The van der Waals surface area contributed by atoms with E-state index >= 15 is 0 Å². The van der Waals surface area contributed by atoms with Crippen molar-refractivity contribution in [3.05, 3.63) is 22.8 Å². The molecular weight excluding hydrogens is 270 g/mol. The number of hydrogen-bond donors (Lipinski definition) is 3. The second-order valence-corrected chi connectivity index (χ2v) is 5.11. The summed E-state index contributed by atoms with van der Waals surface area (Å²) in [6, 6.07) is 1.27. The fourth-order valence-electron chi connectivity index (χ4n) is 1.43. The molecule has 1 atom stereocenters. The van der Waals surface area contributed by atoms with Gasteiger partial charge in [-0.3, -0.25) is 4.79 Å². The summed E-state index contributed by atoms with van der Waals surface area (Å²) in [6.45, 7) is 5.29. The van der Waals surface area contributed by atoms with Gasteiger partial charge in [0.1, 0.15) is 11.4 Å². The number of halogens is 1. The van der Waals surface area contributed by atoms with E-state index in [0.29, 0.717) is 0 Å². The number of carbonyl (C=O) groups is 2. The molecule has 1 amide bonds. The molecule has 0 aromatic carbocycles. The highest BCUT2D eigenvalue weighted by atomic mass is 35.5. The molecule has 1 aromatic heterocycles. The quantitative estimate of drug-likeness (QED) is 0.764. The van der Waals surface area contributed by atoms with E-state index in [1.54, 1.807) is 6.92 Å². The van der Waals surface area contributed by atoms with Gasteiger partial charge in [-0.2, -0.15) is 0 Å². The molecule has 1 rings (SSSR count). The standard InChI is InChI=1S/C12H16ClN3O3/c1-6(2)12(3,11(14)19)16-9-4-7(10(17)18)8(13)5-15-9/h4-6H,1-3H3,(H2,14,19)(H,15,16)(H,17,18). The van der Waals surface area contributed by atoms with Crippen molar-refractivity contribution in [2.45, 2.75) is 26.3 Å². The van der Waals surface area contributed by atoms with Crippen LogP contribution in [0.2, 0.25) is 5.02 Å². The Balaban J connectivity index is 3.15. The lowest BCUT2D eigenvalue weighted by Crippen LogP contribution is -2.52. The Morgan fingerprint density at radius 3 is 2.53 bits per heavy atom. The molecule has 0 saturated heterocycles. The number of nitrogens with one attached hydrogen (secondary N) is 1. The first-order valence-corrected chi connectivity index (χ1v) is 6.03. The highest BCUT2D eigenvalue weighted by molar-refractivity contribution is 6.33. The highest BCUT2D eigenvalue weighted by Gasteiger charge is 2.35. The topological polar surface area (TPSA) is 105 Å². The summed E-state index contributed by atoms with van der Waals surface area (Å²) in [5.41, 5.74) is 4.26. The molecule has 0 saturated carbocycles. The van der Waals surface area contributed by atoms with Gasteiger partial charge >= 0.3 is 5.97 Å². The van der Waals surface area contributed by atoms with Gasteiger partial charge in [0.25, 0.3) is 0 Å². The molecule has 1 aromatic rings. The molecule has 0 fully saturated rings. The van der Waals surface area contributed by atoms with Crippen molar-refractivity contribution in [2.24, 2.45) is 11.7 Å². The van der Waals surface area contributed by atoms with Crippen molar-refractivity contribution >= 4 is 29.3 Å². The maximum atomic E-state index is 11.5. The van der Waals surface area contributed by atoms with E-state index < -0.39 is 17.4 Å². The van der Waals surface area contributed by atoms with Crippen LogP contribution in [0, 0.1) is 5.92 Å². The molecule has 6 nitrogen and oxygen atoms in total. The fourth-order valence-corrected chi connectivity index (χ4v) is 1.61. The SMILES string of the molecule is CC(C)C(C)(Nc1cc(C(=O)O)c(Cl)cn1)C(N)=O. The van der Waals surface area contributed by atoms with E-state index in [1.165, 1.54) is 12.3 Å². The van der Waals surface area contributed by atoms with Crippen molar-refractivity contribution in [1.29, 1.82) is 0 Å². The Kier molecular flexibility index (Phi) is 4.36. The largest absolute Gasteiger partial charge is 0.478 e. The van der Waals surface area contributed by atoms with E-state index in [2.05, 4.69) is 10.3 Å². The van der Waals surface area contributed by atoms with Crippen LogP contribution in [0.5, 0.6) is 0 Å². The zero-order valence-corrected chi connectivity index (χ0v) is 11.7. The molecule has 0 radical (unpaired) electrons. The van der Waals surface area contributed by atoms with Crippen LogP contribution in [0.25, 0.3) is 0 Å². The van der Waals surface area contributed by atoms with Gasteiger partial charge in [-0.1, -0.05) is 25.4 Å². The third kappa shape index (κ3) is 3.14. The minimum Gasteiger partial charge on any atom is -0.478 e. The molecule has 1 unspecified atom stereocenters. The van der Waals surface area contributed by atoms with Gasteiger partial charge < -0.3 is 16.2 Å². The van der Waals surface area contributed by atoms with Crippen molar-refractivity contribution in [3.8, 4) is 0 Å². The number of aromatic carboxylic acids is 1. The molecule has 0 aliphatic rings. The van der Waals surface area contributed by atoms with Crippen molar-refractivity contribution in [2.75, 3.05) is 5.32 Å². The number of aromatic nitrogens is 1. The number of rotatable bonds is 5. The lowest BCUT2D eigenvalue weighted by atomic mass is 9.87. The smallest absolute Gasteiger partial charge is 0.337 e. The van der Waals surface area contributed by atoms with Crippen molar-refractivity contribution in [3.63, 3.8) is 0 Å². The number of hydrogen-bond acceptors (Lipinski definition) is 4. The molecule has 0 aliphatic heterocycles. The van der Waals surface area contributed by atoms with Gasteiger partial charge in [0.05, 0.1) is 10.6 Å². The summed E-state index contributed by atoms with van der Waals surface area (Å²) in [5, 5.41) is 11.9. The van der Waals surface area contributed by atoms with Crippen molar-refractivity contribution < 1.29 is 14.7 Å². The molecule has 19 heavy (non-hydrogen) atoms. The summed E-state index contributed by atoms with van der Waals surface area (Å²) in [5.74, 6) is -1.58. The van der Waals surface area contributed by atoms with Crippen LogP contribution in [0.1, 0.15) is 31.1 Å².